The van der Waals surface area contributed by atoms with Crippen molar-refractivity contribution in [1.82, 2.24) is 30.8 Å². The van der Waals surface area contributed by atoms with Crippen LogP contribution < -0.4 is 10.6 Å². The third-order valence-corrected chi connectivity index (χ3v) is 2.03. The van der Waals surface area contributed by atoms with Gasteiger partial charge in [0.05, 0.1) is 13.1 Å². The van der Waals surface area contributed by atoms with E-state index in [1.54, 1.807) is 4.68 Å². The molecule has 0 fully saturated rings. The van der Waals surface area contributed by atoms with Crippen molar-refractivity contribution in [2.24, 2.45) is 12.0 Å². The molecule has 76 valence electrons. The summed E-state index contributed by atoms with van der Waals surface area (Å²) in [6.45, 7) is 3.49. The summed E-state index contributed by atoms with van der Waals surface area (Å²) in [6, 6.07) is 0.412. The van der Waals surface area contributed by atoms with Gasteiger partial charge >= 0.3 is 0 Å². The van der Waals surface area contributed by atoms with Crippen LogP contribution in [0, 0.1) is 0 Å². The molecule has 0 amide bonds. The number of guanidine groups is 1. The van der Waals surface area contributed by atoms with E-state index in [1.807, 2.05) is 7.05 Å². The van der Waals surface area contributed by atoms with E-state index in [-0.39, 0.29) is 0 Å². The lowest BCUT2D eigenvalue weighted by Crippen LogP contribution is -2.37. The second-order valence-corrected chi connectivity index (χ2v) is 3.31. The smallest absolute Gasteiger partial charge is 0.191 e. The Kier molecular flexibility index (Phi) is 2.30. The number of hydrogen-bond acceptors (Lipinski definition) is 6. The van der Waals surface area contributed by atoms with Crippen LogP contribution in [0.4, 0.5) is 0 Å². The Bertz CT molecular complexity index is 342. The zero-order valence-corrected chi connectivity index (χ0v) is 8.23. The van der Waals surface area contributed by atoms with Gasteiger partial charge in [-0.05, 0) is 17.4 Å². The van der Waals surface area contributed by atoms with Crippen molar-refractivity contribution in [3.63, 3.8) is 0 Å². The summed E-state index contributed by atoms with van der Waals surface area (Å²) in [5.74, 6) is 1.61. The van der Waals surface area contributed by atoms with Gasteiger partial charge in [-0.3, -0.25) is 4.99 Å². The molecule has 0 saturated carbocycles. The van der Waals surface area contributed by atoms with Crippen molar-refractivity contribution in [3.05, 3.63) is 5.82 Å². The van der Waals surface area contributed by atoms with E-state index in [4.69, 9.17) is 0 Å². The van der Waals surface area contributed by atoms with Crippen LogP contribution in [0.25, 0.3) is 0 Å². The Morgan fingerprint density at radius 3 is 3.07 bits per heavy atom. The van der Waals surface area contributed by atoms with Crippen molar-refractivity contribution in [1.29, 1.82) is 0 Å². The maximum absolute atomic E-state index is 4.26. The number of aryl methyl sites for hydroxylation is 1. The van der Waals surface area contributed by atoms with Gasteiger partial charge in [0.2, 0.25) is 0 Å². The molecule has 14 heavy (non-hydrogen) atoms. The topological polar surface area (TPSA) is 80.0 Å². The number of tetrazole rings is 1. The predicted molar refractivity (Wildman–Crippen MR) is 50.5 cm³/mol. The maximum atomic E-state index is 4.26. The lowest BCUT2D eigenvalue weighted by molar-refractivity contribution is 0.658. The standard InChI is InChI=1S/C7H13N7/c1-5-3-8-7(10-5)9-4-6-11-12-13-14(6)2/h5H,3-4H2,1-2H3,(H2,8,9,10). The highest BCUT2D eigenvalue weighted by Gasteiger charge is 2.12. The largest absolute Gasteiger partial charge is 0.352 e. The molecule has 2 heterocycles. The number of aromatic nitrogens is 4. The third kappa shape index (κ3) is 1.81. The Morgan fingerprint density at radius 1 is 1.64 bits per heavy atom. The van der Waals surface area contributed by atoms with Crippen molar-refractivity contribution in [2.45, 2.75) is 19.5 Å². The first-order chi connectivity index (χ1) is 6.75. The number of rotatable bonds is 2. The molecule has 1 aliphatic rings. The summed E-state index contributed by atoms with van der Waals surface area (Å²) in [7, 11) is 1.81. The number of nitrogens with one attached hydrogen (secondary N) is 2. The fourth-order valence-corrected chi connectivity index (χ4v) is 1.22. The third-order valence-electron chi connectivity index (χ3n) is 2.03. The fourth-order valence-electron chi connectivity index (χ4n) is 1.22. The van der Waals surface area contributed by atoms with Gasteiger partial charge in [0.25, 0.3) is 0 Å². The van der Waals surface area contributed by atoms with Gasteiger partial charge in [0.15, 0.2) is 11.8 Å². The van der Waals surface area contributed by atoms with E-state index in [9.17, 15) is 0 Å². The molecular formula is C7H13N7. The van der Waals surface area contributed by atoms with Gasteiger partial charge in [-0.15, -0.1) is 5.10 Å². The van der Waals surface area contributed by atoms with E-state index < -0.39 is 0 Å². The molecule has 1 aromatic rings. The number of aliphatic imine (C=N–C) groups is 1. The minimum atomic E-state index is 0.412. The van der Waals surface area contributed by atoms with Crippen molar-refractivity contribution >= 4 is 5.96 Å². The quantitative estimate of drug-likeness (QED) is 0.609. The average Bonchev–Trinajstić information content (AvgIpc) is 2.72. The summed E-state index contributed by atoms with van der Waals surface area (Å²) in [4.78, 5) is 4.26. The van der Waals surface area contributed by atoms with Crippen molar-refractivity contribution in [3.8, 4) is 0 Å². The molecule has 0 spiro atoms. The van der Waals surface area contributed by atoms with Gasteiger partial charge in [-0.25, -0.2) is 4.68 Å². The SMILES string of the molecule is CC1CN=C(NCc2nnnn2C)N1. The first-order valence-corrected chi connectivity index (χ1v) is 4.52. The highest BCUT2D eigenvalue weighted by molar-refractivity contribution is 5.81. The Labute approximate surface area is 81.6 Å². The van der Waals surface area contributed by atoms with Gasteiger partial charge in [0.1, 0.15) is 0 Å². The first-order valence-electron chi connectivity index (χ1n) is 4.52. The Hall–Kier alpha value is -1.66. The van der Waals surface area contributed by atoms with Crippen LogP contribution in [-0.4, -0.2) is 38.8 Å². The maximum Gasteiger partial charge on any atom is 0.191 e. The molecule has 0 bridgehead atoms. The highest BCUT2D eigenvalue weighted by Crippen LogP contribution is 1.93. The normalized spacial score (nSPS) is 20.4. The molecule has 0 aliphatic carbocycles. The molecule has 7 nitrogen and oxygen atoms in total. The molecular weight excluding hydrogens is 182 g/mol. The van der Waals surface area contributed by atoms with Crippen molar-refractivity contribution in [2.75, 3.05) is 6.54 Å². The Morgan fingerprint density at radius 2 is 2.50 bits per heavy atom. The Balaban J connectivity index is 1.86. The minimum Gasteiger partial charge on any atom is -0.352 e. The molecule has 2 N–H and O–H groups in total. The van der Waals surface area contributed by atoms with Crippen LogP contribution in [0.3, 0.4) is 0 Å². The molecule has 0 aromatic carbocycles. The van der Waals surface area contributed by atoms with E-state index >= 15 is 0 Å². The van der Waals surface area contributed by atoms with E-state index in [1.165, 1.54) is 0 Å². The summed E-state index contributed by atoms with van der Waals surface area (Å²) >= 11 is 0. The minimum absolute atomic E-state index is 0.412. The van der Waals surface area contributed by atoms with Gasteiger partial charge in [-0.2, -0.15) is 0 Å². The van der Waals surface area contributed by atoms with Gasteiger partial charge in [0, 0.05) is 13.1 Å². The summed E-state index contributed by atoms with van der Waals surface area (Å²) < 4.78 is 1.63. The highest BCUT2D eigenvalue weighted by atomic mass is 15.5. The van der Waals surface area contributed by atoms with E-state index in [2.05, 4.69) is 38.1 Å². The van der Waals surface area contributed by atoms with Crippen LogP contribution >= 0.6 is 0 Å². The summed E-state index contributed by atoms with van der Waals surface area (Å²) in [5, 5.41) is 17.5. The fraction of sp³-hybridized carbons (Fsp3) is 0.714. The molecule has 1 atom stereocenters. The monoisotopic (exact) mass is 195 g/mol. The lowest BCUT2D eigenvalue weighted by Gasteiger charge is -2.07. The summed E-state index contributed by atoms with van der Waals surface area (Å²) in [5.41, 5.74) is 0. The van der Waals surface area contributed by atoms with Crippen molar-refractivity contribution < 1.29 is 0 Å². The van der Waals surface area contributed by atoms with Crippen LogP contribution in [-0.2, 0) is 13.6 Å². The van der Waals surface area contributed by atoms with Gasteiger partial charge in [-0.1, -0.05) is 0 Å². The summed E-state index contributed by atoms with van der Waals surface area (Å²) in [6.07, 6.45) is 0. The lowest BCUT2D eigenvalue weighted by atomic mass is 10.4. The zero-order chi connectivity index (χ0) is 9.97. The molecule has 1 aliphatic heterocycles. The van der Waals surface area contributed by atoms with Crippen LogP contribution in [0.15, 0.2) is 4.99 Å². The number of hydrogen-bond donors (Lipinski definition) is 2. The number of nitrogens with zero attached hydrogens (tertiary/aromatic N) is 5. The average molecular weight is 195 g/mol. The predicted octanol–water partition coefficient (Wildman–Crippen LogP) is -1.35. The second kappa shape index (κ2) is 3.60. The molecule has 2 rings (SSSR count). The van der Waals surface area contributed by atoms with Crippen LogP contribution in [0.2, 0.25) is 0 Å². The molecule has 0 saturated heterocycles. The zero-order valence-electron chi connectivity index (χ0n) is 8.23. The van der Waals surface area contributed by atoms with E-state index in [0.29, 0.717) is 12.6 Å². The second-order valence-electron chi connectivity index (χ2n) is 3.31. The van der Waals surface area contributed by atoms with Crippen LogP contribution in [0.5, 0.6) is 0 Å². The van der Waals surface area contributed by atoms with E-state index in [0.717, 1.165) is 18.3 Å². The molecule has 1 aromatic heterocycles. The molecule has 7 heteroatoms. The molecule has 0 radical (unpaired) electrons. The van der Waals surface area contributed by atoms with Crippen LogP contribution in [0.1, 0.15) is 12.7 Å². The van der Waals surface area contributed by atoms with Gasteiger partial charge < -0.3 is 10.6 Å². The first kappa shape index (κ1) is 8.92. The molecule has 1 unspecified atom stereocenters.